The highest BCUT2D eigenvalue weighted by Gasteiger charge is 2.29. The number of likely N-dealkylation sites (tertiary alicyclic amines) is 1. The predicted molar refractivity (Wildman–Crippen MR) is 174 cm³/mol. The van der Waals surface area contributed by atoms with E-state index >= 15 is 4.39 Å². The molecule has 1 aliphatic rings. The van der Waals surface area contributed by atoms with Gasteiger partial charge in [0.05, 0.1) is 12.2 Å². The Morgan fingerprint density at radius 2 is 1.98 bits per heavy atom. The van der Waals surface area contributed by atoms with Crippen molar-refractivity contribution in [2.45, 2.75) is 78.7 Å². The summed E-state index contributed by atoms with van der Waals surface area (Å²) in [5.74, 6) is -1.24. The van der Waals surface area contributed by atoms with E-state index in [4.69, 9.17) is 9.84 Å². The SMILES string of the molecule is C=C(C)/C(=C\c1c(-c2cnn(/C=C\C(C=NC)N3CCC(N(C)CCC(C)C)CC3)c2C)ccnc1C)C(C)(F)OC. The fourth-order valence-electron chi connectivity index (χ4n) is 5.58. The molecule has 0 bridgehead atoms. The van der Waals surface area contributed by atoms with E-state index in [9.17, 15) is 0 Å². The third kappa shape index (κ3) is 8.33. The fourth-order valence-corrected chi connectivity index (χ4v) is 5.58. The van der Waals surface area contributed by atoms with Crippen molar-refractivity contribution in [3.63, 3.8) is 0 Å². The molecule has 42 heavy (non-hydrogen) atoms. The fraction of sp³-hybridized carbons (Fsp3) is 0.559. The maximum absolute atomic E-state index is 15.3. The Bertz CT molecular complexity index is 1280. The van der Waals surface area contributed by atoms with Crippen LogP contribution in [0.2, 0.25) is 0 Å². The number of aryl methyl sites for hydroxylation is 1. The third-order valence-corrected chi connectivity index (χ3v) is 8.47. The zero-order chi connectivity index (χ0) is 31.0. The van der Waals surface area contributed by atoms with Gasteiger partial charge in [-0.3, -0.25) is 14.9 Å². The van der Waals surface area contributed by atoms with E-state index in [0.717, 1.165) is 66.5 Å². The summed E-state index contributed by atoms with van der Waals surface area (Å²) >= 11 is 0. The number of pyridine rings is 1. The second-order valence-electron chi connectivity index (χ2n) is 12.1. The molecule has 7 nitrogen and oxygen atoms in total. The summed E-state index contributed by atoms with van der Waals surface area (Å²) in [4.78, 5) is 13.9. The summed E-state index contributed by atoms with van der Waals surface area (Å²) in [5.41, 5.74) is 5.46. The number of aromatic nitrogens is 3. The number of methoxy groups -OCH3 is 1. The maximum atomic E-state index is 15.3. The Morgan fingerprint density at radius 3 is 2.57 bits per heavy atom. The molecule has 230 valence electrons. The first-order valence-corrected chi connectivity index (χ1v) is 15.1. The molecule has 0 saturated carbocycles. The molecule has 0 radical (unpaired) electrons. The molecule has 3 heterocycles. The normalized spacial score (nSPS) is 18.0. The highest BCUT2D eigenvalue weighted by molar-refractivity contribution is 5.79. The van der Waals surface area contributed by atoms with Gasteiger partial charge in [0, 0.05) is 80.0 Å². The lowest BCUT2D eigenvalue weighted by atomic mass is 9.94. The van der Waals surface area contributed by atoms with Crippen LogP contribution in [-0.4, -0.2) is 89.6 Å². The van der Waals surface area contributed by atoms with E-state index in [1.54, 1.807) is 19.2 Å². The van der Waals surface area contributed by atoms with E-state index in [2.05, 4.69) is 53.3 Å². The number of hydrogen-bond donors (Lipinski definition) is 0. The van der Waals surface area contributed by atoms with Gasteiger partial charge >= 0.3 is 0 Å². The van der Waals surface area contributed by atoms with E-state index in [0.29, 0.717) is 17.2 Å². The van der Waals surface area contributed by atoms with Crippen LogP contribution in [0.3, 0.4) is 0 Å². The zero-order valence-electron chi connectivity index (χ0n) is 27.2. The molecule has 8 heteroatoms. The van der Waals surface area contributed by atoms with Gasteiger partial charge in [-0.15, -0.1) is 0 Å². The molecule has 2 aromatic heterocycles. The van der Waals surface area contributed by atoms with Crippen LogP contribution in [0.15, 0.2) is 47.3 Å². The van der Waals surface area contributed by atoms with Gasteiger partial charge in [-0.05, 0) is 95.8 Å². The molecule has 3 rings (SSSR count). The average Bonchev–Trinajstić information content (AvgIpc) is 3.32. The van der Waals surface area contributed by atoms with Crippen molar-refractivity contribution in [3.05, 3.63) is 59.2 Å². The molecule has 2 aromatic rings. The molecule has 0 spiro atoms. The van der Waals surface area contributed by atoms with E-state index in [-0.39, 0.29) is 6.04 Å². The van der Waals surface area contributed by atoms with Gasteiger partial charge in [0.2, 0.25) is 5.85 Å². The van der Waals surface area contributed by atoms with E-state index < -0.39 is 5.85 Å². The first-order chi connectivity index (χ1) is 19.9. The summed E-state index contributed by atoms with van der Waals surface area (Å²) < 4.78 is 22.3. The van der Waals surface area contributed by atoms with Gasteiger partial charge in [0.1, 0.15) is 0 Å². The quantitative estimate of drug-likeness (QED) is 0.193. The number of alkyl halides is 1. The number of aliphatic imine (C=N–C) groups is 1. The van der Waals surface area contributed by atoms with Crippen LogP contribution in [0.1, 0.15) is 63.9 Å². The second kappa shape index (κ2) is 15.0. The van der Waals surface area contributed by atoms with Gasteiger partial charge in [0.15, 0.2) is 0 Å². The van der Waals surface area contributed by atoms with Crippen LogP contribution in [-0.2, 0) is 4.74 Å². The largest absolute Gasteiger partial charge is 0.346 e. The lowest BCUT2D eigenvalue weighted by Crippen LogP contribution is -2.47. The van der Waals surface area contributed by atoms with Crippen LogP contribution in [0.25, 0.3) is 23.4 Å². The van der Waals surface area contributed by atoms with E-state index in [1.165, 1.54) is 20.5 Å². The van der Waals surface area contributed by atoms with Gasteiger partial charge < -0.3 is 9.64 Å². The standard InChI is InChI=1S/C34H51FN6O/c1-24(2)12-17-39(9)28-13-18-40(19-14-28)29(22-36-8)15-20-41-27(6)32(23-38-41)30-11-16-37-26(5)31(30)21-33(25(3)4)34(7,35)42-10/h11,15-16,20-24,28-29H,3,12-14,17-19H2,1-2,4-10H3/b20-15-,33-21+,36-22?. The molecule has 2 unspecified atom stereocenters. The Balaban J connectivity index is 1.84. The number of ether oxygens (including phenoxy) is 1. The van der Waals surface area contributed by atoms with Crippen molar-refractivity contribution in [3.8, 4) is 11.1 Å². The smallest absolute Gasteiger partial charge is 0.232 e. The number of nitrogens with zero attached hydrogens (tertiary/aromatic N) is 6. The van der Waals surface area contributed by atoms with Gasteiger partial charge in [-0.25, -0.2) is 9.07 Å². The van der Waals surface area contributed by atoms with Crippen molar-refractivity contribution in [2.75, 3.05) is 40.8 Å². The molecule has 0 aliphatic carbocycles. The van der Waals surface area contributed by atoms with Crippen molar-refractivity contribution < 1.29 is 9.13 Å². The summed E-state index contributed by atoms with van der Waals surface area (Å²) in [6.07, 6.45) is 15.2. The number of rotatable bonds is 13. The molecular weight excluding hydrogens is 527 g/mol. The Morgan fingerprint density at radius 1 is 1.29 bits per heavy atom. The van der Waals surface area contributed by atoms with Crippen molar-refractivity contribution in [1.82, 2.24) is 24.6 Å². The van der Waals surface area contributed by atoms with Gasteiger partial charge in [0.25, 0.3) is 0 Å². The summed E-state index contributed by atoms with van der Waals surface area (Å²) in [6.45, 7) is 19.0. The molecule has 0 N–H and O–H groups in total. The minimum Gasteiger partial charge on any atom is -0.346 e. The maximum Gasteiger partial charge on any atom is 0.232 e. The molecule has 1 saturated heterocycles. The summed E-state index contributed by atoms with van der Waals surface area (Å²) in [7, 11) is 5.46. The van der Waals surface area contributed by atoms with Crippen LogP contribution in [0, 0.1) is 19.8 Å². The Kier molecular flexibility index (Phi) is 12.0. The number of halogens is 1. The average molecular weight is 579 g/mol. The van der Waals surface area contributed by atoms with Gasteiger partial charge in [-0.1, -0.05) is 20.4 Å². The first kappa shape index (κ1) is 33.6. The molecule has 2 atom stereocenters. The topological polar surface area (TPSA) is 58.8 Å². The number of piperidine rings is 1. The van der Waals surface area contributed by atoms with Crippen molar-refractivity contribution >= 4 is 18.5 Å². The minimum absolute atomic E-state index is 0.0973. The zero-order valence-corrected chi connectivity index (χ0v) is 27.2. The number of hydrogen-bond acceptors (Lipinski definition) is 6. The summed E-state index contributed by atoms with van der Waals surface area (Å²) in [5, 5.41) is 4.69. The Labute approximate surface area is 252 Å². The highest BCUT2D eigenvalue weighted by Crippen LogP contribution is 2.35. The molecule has 1 aliphatic heterocycles. The first-order valence-electron chi connectivity index (χ1n) is 15.1. The monoisotopic (exact) mass is 578 g/mol. The van der Waals surface area contributed by atoms with Crippen molar-refractivity contribution in [1.29, 1.82) is 0 Å². The van der Waals surface area contributed by atoms with Crippen molar-refractivity contribution in [2.24, 2.45) is 10.9 Å². The lowest BCUT2D eigenvalue weighted by Gasteiger charge is -2.38. The minimum atomic E-state index is -1.97. The highest BCUT2D eigenvalue weighted by atomic mass is 19.2. The van der Waals surface area contributed by atoms with Crippen LogP contribution < -0.4 is 0 Å². The molecule has 0 aromatic carbocycles. The second-order valence-corrected chi connectivity index (χ2v) is 12.1. The molecule has 0 amide bonds. The summed E-state index contributed by atoms with van der Waals surface area (Å²) in [6, 6.07) is 2.68. The molecular formula is C34H51FN6O. The van der Waals surface area contributed by atoms with Gasteiger partial charge in [-0.2, -0.15) is 5.10 Å². The van der Waals surface area contributed by atoms with E-state index in [1.807, 2.05) is 50.3 Å². The van der Waals surface area contributed by atoms with Crippen LogP contribution in [0.5, 0.6) is 0 Å². The molecule has 1 fully saturated rings. The third-order valence-electron chi connectivity index (χ3n) is 8.47. The Hall–Kier alpha value is -2.94. The lowest BCUT2D eigenvalue weighted by molar-refractivity contribution is -0.0700. The van der Waals surface area contributed by atoms with Crippen LogP contribution in [0.4, 0.5) is 4.39 Å². The predicted octanol–water partition coefficient (Wildman–Crippen LogP) is 6.84. The van der Waals surface area contributed by atoms with Crippen LogP contribution >= 0.6 is 0 Å².